The van der Waals surface area contributed by atoms with Crippen molar-refractivity contribution in [3.63, 3.8) is 0 Å². The molecule has 3 aliphatic rings. The van der Waals surface area contributed by atoms with Crippen molar-refractivity contribution in [1.29, 1.82) is 0 Å². The predicted molar refractivity (Wildman–Crippen MR) is 148 cm³/mol. The number of carbonyl (C=O) groups excluding carboxylic acids is 2. The van der Waals surface area contributed by atoms with Crippen LogP contribution in [0.15, 0.2) is 41.3 Å². The maximum absolute atomic E-state index is 14.0. The number of aromatic nitrogens is 4. The van der Waals surface area contributed by atoms with Crippen LogP contribution in [0.5, 0.6) is 0 Å². The number of likely N-dealkylation sites (tertiary alicyclic amines) is 1. The van der Waals surface area contributed by atoms with E-state index < -0.39 is 6.04 Å². The molecule has 38 heavy (non-hydrogen) atoms. The van der Waals surface area contributed by atoms with Gasteiger partial charge in [-0.3, -0.25) is 9.59 Å². The molecule has 2 saturated carbocycles. The molecule has 4 heterocycles. The fourth-order valence-corrected chi connectivity index (χ4v) is 6.73. The number of nitrogen functional groups attached to an aromatic ring is 1. The van der Waals surface area contributed by atoms with E-state index >= 15 is 0 Å². The number of anilines is 2. The number of piperidine rings is 1. The number of nitrogens with two attached hydrogens (primary N) is 1. The Kier molecular flexibility index (Phi) is 5.11. The Bertz CT molecular complexity index is 1660. The Morgan fingerprint density at radius 1 is 1.21 bits per heavy atom. The van der Waals surface area contributed by atoms with E-state index in [1.807, 2.05) is 10.6 Å². The van der Waals surface area contributed by atoms with Crippen LogP contribution >= 0.6 is 15.9 Å². The normalized spacial score (nSPS) is 24.1. The standard InChI is InChI=1S/C28H28BrN7O2/c1-14-8-16(15-6-7-15)9-17-23-25(30)31-13-32-26(23)35(24(14)17)12-22(37)36-18(10-28(2)11-19(28)36)27(38)34-21-5-3-4-20(29)33-21/h3-5,8-9,13,15,18-19H,6-7,10-12H2,1-2H3,(H2,30,31,32)(H,33,34,38)/t18-,19+,28-/m0/s1. The molecule has 0 spiro atoms. The van der Waals surface area contributed by atoms with Crippen molar-refractivity contribution < 1.29 is 9.59 Å². The van der Waals surface area contributed by atoms with Crippen LogP contribution in [0.25, 0.3) is 21.9 Å². The first-order chi connectivity index (χ1) is 18.2. The third-order valence-corrected chi connectivity index (χ3v) is 8.95. The van der Waals surface area contributed by atoms with Gasteiger partial charge in [-0.15, -0.1) is 0 Å². The van der Waals surface area contributed by atoms with Gasteiger partial charge in [-0.25, -0.2) is 15.0 Å². The van der Waals surface area contributed by atoms with Gasteiger partial charge in [0.15, 0.2) is 0 Å². The monoisotopic (exact) mass is 573 g/mol. The summed E-state index contributed by atoms with van der Waals surface area (Å²) in [6.07, 6.45) is 5.38. The van der Waals surface area contributed by atoms with Crippen molar-refractivity contribution in [3.8, 4) is 0 Å². The zero-order valence-electron chi connectivity index (χ0n) is 21.2. The van der Waals surface area contributed by atoms with E-state index in [0.29, 0.717) is 34.2 Å². The second-order valence-corrected chi connectivity index (χ2v) is 12.1. The lowest BCUT2D eigenvalue weighted by Crippen LogP contribution is -2.46. The van der Waals surface area contributed by atoms with Gasteiger partial charge in [0.2, 0.25) is 11.8 Å². The highest BCUT2D eigenvalue weighted by Gasteiger charge is 2.64. The number of hydrogen-bond acceptors (Lipinski definition) is 6. The van der Waals surface area contributed by atoms with Gasteiger partial charge in [-0.2, -0.15) is 0 Å². The number of nitrogens with zero attached hydrogens (tertiary/aromatic N) is 5. The van der Waals surface area contributed by atoms with Gasteiger partial charge < -0.3 is 20.5 Å². The summed E-state index contributed by atoms with van der Waals surface area (Å²) in [6, 6.07) is 9.27. The summed E-state index contributed by atoms with van der Waals surface area (Å²) in [6.45, 7) is 4.30. The number of fused-ring (bicyclic) bond motifs is 4. The molecule has 7 rings (SSSR count). The lowest BCUT2D eigenvalue weighted by molar-refractivity contribution is -0.138. The smallest absolute Gasteiger partial charge is 0.248 e. The molecule has 3 N–H and O–H groups in total. The maximum atomic E-state index is 14.0. The van der Waals surface area contributed by atoms with Gasteiger partial charge in [0.1, 0.15) is 40.8 Å². The van der Waals surface area contributed by atoms with E-state index in [2.05, 4.69) is 62.2 Å². The summed E-state index contributed by atoms with van der Waals surface area (Å²) < 4.78 is 2.59. The number of halogens is 1. The molecule has 1 aromatic carbocycles. The molecule has 10 heteroatoms. The minimum atomic E-state index is -0.553. The van der Waals surface area contributed by atoms with Crippen LogP contribution in [0.1, 0.15) is 49.7 Å². The fraction of sp³-hybridized carbons (Fsp3) is 0.393. The summed E-state index contributed by atoms with van der Waals surface area (Å²) in [7, 11) is 0. The van der Waals surface area contributed by atoms with Crippen LogP contribution in [0.4, 0.5) is 11.6 Å². The molecular weight excluding hydrogens is 546 g/mol. The lowest BCUT2D eigenvalue weighted by Gasteiger charge is -2.27. The Morgan fingerprint density at radius 2 is 2.03 bits per heavy atom. The lowest BCUT2D eigenvalue weighted by atomic mass is 10.0. The molecule has 3 fully saturated rings. The Balaban J connectivity index is 1.25. The molecule has 194 valence electrons. The van der Waals surface area contributed by atoms with Crippen LogP contribution in [0, 0.1) is 12.3 Å². The zero-order chi connectivity index (χ0) is 26.3. The molecule has 1 aliphatic heterocycles. The quantitative estimate of drug-likeness (QED) is 0.338. The molecule has 0 unspecified atom stereocenters. The SMILES string of the molecule is Cc1cc(C2CC2)cc2c3c(N)ncnc3n(CC(=O)N3[C@H](C(=O)Nc4cccc(Br)n4)C[C@@]4(C)C[C@@H]34)c12. The Labute approximate surface area is 227 Å². The highest BCUT2D eigenvalue weighted by Crippen LogP contribution is 2.59. The van der Waals surface area contributed by atoms with Crippen LogP contribution in [0.3, 0.4) is 0 Å². The van der Waals surface area contributed by atoms with Gasteiger partial charge in [-0.1, -0.05) is 19.1 Å². The third kappa shape index (κ3) is 3.68. The summed E-state index contributed by atoms with van der Waals surface area (Å²) in [5.74, 6) is 1.14. The summed E-state index contributed by atoms with van der Waals surface area (Å²) in [5, 5.41) is 4.68. The molecule has 9 nitrogen and oxygen atoms in total. The number of nitrogens with one attached hydrogen (secondary N) is 1. The minimum Gasteiger partial charge on any atom is -0.383 e. The zero-order valence-corrected chi connectivity index (χ0v) is 22.8. The molecule has 2 aliphatic carbocycles. The highest BCUT2D eigenvalue weighted by molar-refractivity contribution is 9.10. The maximum Gasteiger partial charge on any atom is 0.248 e. The Hall–Kier alpha value is -3.53. The van der Waals surface area contributed by atoms with E-state index in [1.165, 1.54) is 24.7 Å². The fourth-order valence-electron chi connectivity index (χ4n) is 6.39. The second-order valence-electron chi connectivity index (χ2n) is 11.3. The number of benzene rings is 1. The van der Waals surface area contributed by atoms with Crippen molar-refractivity contribution in [1.82, 2.24) is 24.4 Å². The van der Waals surface area contributed by atoms with Gasteiger partial charge >= 0.3 is 0 Å². The number of amides is 2. The first kappa shape index (κ1) is 23.6. The average molecular weight is 574 g/mol. The topological polar surface area (TPSA) is 119 Å². The largest absolute Gasteiger partial charge is 0.383 e. The first-order valence-corrected chi connectivity index (χ1v) is 13.8. The van der Waals surface area contributed by atoms with Gasteiger partial charge in [-0.05, 0) is 89.2 Å². The van der Waals surface area contributed by atoms with E-state index in [9.17, 15) is 9.59 Å². The van der Waals surface area contributed by atoms with E-state index in [-0.39, 0.29) is 29.8 Å². The van der Waals surface area contributed by atoms with Crippen LogP contribution in [0.2, 0.25) is 0 Å². The van der Waals surface area contributed by atoms with Crippen molar-refractivity contribution in [2.45, 2.75) is 64.1 Å². The number of pyridine rings is 1. The highest BCUT2D eigenvalue weighted by atomic mass is 79.9. The predicted octanol–water partition coefficient (Wildman–Crippen LogP) is 4.53. The third-order valence-electron chi connectivity index (χ3n) is 8.51. The molecule has 0 radical (unpaired) electrons. The molecule has 3 aromatic heterocycles. The van der Waals surface area contributed by atoms with Crippen LogP contribution in [-0.2, 0) is 16.1 Å². The van der Waals surface area contributed by atoms with Gasteiger partial charge in [0.05, 0.1) is 10.9 Å². The average Bonchev–Trinajstić information content (AvgIpc) is 3.77. The van der Waals surface area contributed by atoms with E-state index in [0.717, 1.165) is 28.3 Å². The minimum absolute atomic E-state index is 0.0368. The second kappa shape index (κ2) is 8.23. The van der Waals surface area contributed by atoms with E-state index in [4.69, 9.17) is 5.73 Å². The summed E-state index contributed by atoms with van der Waals surface area (Å²) in [5.41, 5.74) is 10.3. The summed E-state index contributed by atoms with van der Waals surface area (Å²) >= 11 is 3.35. The molecule has 0 bridgehead atoms. The number of hydrogen-bond donors (Lipinski definition) is 2. The molecule has 1 saturated heterocycles. The van der Waals surface area contributed by atoms with E-state index in [1.54, 1.807) is 17.0 Å². The Morgan fingerprint density at radius 3 is 2.79 bits per heavy atom. The van der Waals surface area contributed by atoms with Crippen molar-refractivity contribution >= 4 is 61.3 Å². The number of carbonyl (C=O) groups is 2. The van der Waals surface area contributed by atoms with Crippen molar-refractivity contribution in [2.75, 3.05) is 11.1 Å². The summed E-state index contributed by atoms with van der Waals surface area (Å²) in [4.78, 5) is 42.3. The van der Waals surface area contributed by atoms with Crippen molar-refractivity contribution in [2.24, 2.45) is 5.41 Å². The first-order valence-electron chi connectivity index (χ1n) is 13.0. The number of aryl methyl sites for hydroxylation is 1. The van der Waals surface area contributed by atoms with Crippen LogP contribution in [-0.4, -0.2) is 48.3 Å². The van der Waals surface area contributed by atoms with Gasteiger partial charge in [0, 0.05) is 11.4 Å². The molecule has 4 aromatic rings. The van der Waals surface area contributed by atoms with Gasteiger partial charge in [0.25, 0.3) is 0 Å². The molecular formula is C28H28BrN7O2. The molecule has 3 atom stereocenters. The number of rotatable bonds is 5. The molecule has 2 amide bonds. The van der Waals surface area contributed by atoms with Crippen LogP contribution < -0.4 is 11.1 Å². The van der Waals surface area contributed by atoms with Crippen molar-refractivity contribution in [3.05, 3.63) is 52.4 Å².